The van der Waals surface area contributed by atoms with Crippen LogP contribution in [0.1, 0.15) is 6.23 Å². The number of imidazole rings is 1. The zero-order valence-corrected chi connectivity index (χ0v) is 12.6. The van der Waals surface area contributed by atoms with Crippen molar-refractivity contribution in [2.75, 3.05) is 12.3 Å². The first-order valence-electron chi connectivity index (χ1n) is 6.33. The van der Waals surface area contributed by atoms with Gasteiger partial charge in [0, 0.05) is 0 Å². The molecule has 0 aliphatic carbocycles. The summed E-state index contributed by atoms with van der Waals surface area (Å²) in [6, 6.07) is 0. The van der Waals surface area contributed by atoms with E-state index in [1.807, 2.05) is 0 Å². The highest BCUT2D eigenvalue weighted by Gasteiger charge is 2.50. The van der Waals surface area contributed by atoms with E-state index >= 15 is 0 Å². The number of alkyl halides is 1. The lowest BCUT2D eigenvalue weighted by molar-refractivity contribution is -0.0533. The summed E-state index contributed by atoms with van der Waals surface area (Å²) in [4.78, 5) is 11.8. The highest BCUT2D eigenvalue weighted by Crippen LogP contribution is 2.44. The van der Waals surface area contributed by atoms with E-state index in [0.717, 1.165) is 0 Å². The Hall–Kier alpha value is -1.32. The minimum absolute atomic E-state index is 0.00386. The van der Waals surface area contributed by atoms with Crippen LogP contribution >= 0.6 is 19.9 Å². The van der Waals surface area contributed by atoms with Gasteiger partial charge in [-0.1, -0.05) is 0 Å². The van der Waals surface area contributed by atoms with Crippen LogP contribution < -0.4 is 5.73 Å². The van der Waals surface area contributed by atoms with E-state index in [0.29, 0.717) is 5.52 Å². The standard InChI is InChI=1S/C10H10ClFN5O4P/c11-10-15-7(13)5-8(16-10)17(2-14-5)9-4(12)6-3(20-9)1-19-22(18)21-6/h2-4,6,9,22H,1H2,(H2,13,15,16)/t3?,4-,6+,9+/m0/s1. The van der Waals surface area contributed by atoms with Gasteiger partial charge in [-0.15, -0.1) is 0 Å². The predicted molar refractivity (Wildman–Crippen MR) is 73.4 cm³/mol. The molecule has 2 unspecified atom stereocenters. The van der Waals surface area contributed by atoms with Gasteiger partial charge in [-0.2, -0.15) is 9.97 Å². The second-order valence-corrected chi connectivity index (χ2v) is 6.22. The summed E-state index contributed by atoms with van der Waals surface area (Å²) in [6.45, 7) is 0.00386. The summed E-state index contributed by atoms with van der Waals surface area (Å²) in [5.41, 5.74) is 6.25. The number of halogens is 2. The fourth-order valence-electron chi connectivity index (χ4n) is 2.59. The van der Waals surface area contributed by atoms with Crippen molar-refractivity contribution in [3.8, 4) is 0 Å². The number of rotatable bonds is 1. The van der Waals surface area contributed by atoms with Crippen molar-refractivity contribution >= 4 is 36.8 Å². The Labute approximate surface area is 128 Å². The second kappa shape index (κ2) is 5.10. The Bertz CT molecular complexity index is 775. The van der Waals surface area contributed by atoms with Gasteiger partial charge >= 0.3 is 8.25 Å². The van der Waals surface area contributed by atoms with E-state index in [4.69, 9.17) is 31.1 Å². The number of nitrogens with zero attached hydrogens (tertiary/aromatic N) is 4. The molecular weight excluding hydrogens is 340 g/mol. The smallest absolute Gasteiger partial charge is 0.319 e. The summed E-state index contributed by atoms with van der Waals surface area (Å²) in [6.07, 6.45) is -2.89. The Morgan fingerprint density at radius 3 is 3.14 bits per heavy atom. The zero-order valence-electron chi connectivity index (χ0n) is 10.8. The van der Waals surface area contributed by atoms with E-state index in [9.17, 15) is 8.96 Å². The molecule has 0 aromatic carbocycles. The molecule has 0 saturated carbocycles. The summed E-state index contributed by atoms with van der Waals surface area (Å²) < 4.78 is 42.7. The lowest BCUT2D eigenvalue weighted by atomic mass is 10.1. The number of nitrogens with two attached hydrogens (primary N) is 1. The molecule has 2 aliphatic rings. The quantitative estimate of drug-likeness (QED) is 0.601. The summed E-state index contributed by atoms with van der Waals surface area (Å²) in [5, 5.41) is -0.0813. The lowest BCUT2D eigenvalue weighted by Crippen LogP contribution is -2.35. The molecule has 22 heavy (non-hydrogen) atoms. The molecule has 4 heterocycles. The van der Waals surface area contributed by atoms with Crippen LogP contribution in [0.15, 0.2) is 6.33 Å². The van der Waals surface area contributed by atoms with Gasteiger partial charge in [-0.05, 0) is 11.6 Å². The summed E-state index contributed by atoms with van der Waals surface area (Å²) in [5.74, 6) is 0.0872. The van der Waals surface area contributed by atoms with Gasteiger partial charge < -0.3 is 19.5 Å². The molecule has 2 aromatic heterocycles. The van der Waals surface area contributed by atoms with Gasteiger partial charge in [0.15, 0.2) is 23.9 Å². The maximum atomic E-state index is 14.6. The van der Waals surface area contributed by atoms with Crippen molar-refractivity contribution in [3.05, 3.63) is 11.6 Å². The molecule has 5 atom stereocenters. The van der Waals surface area contributed by atoms with Gasteiger partial charge in [0.1, 0.15) is 17.7 Å². The van der Waals surface area contributed by atoms with Crippen molar-refractivity contribution in [2.45, 2.75) is 24.6 Å². The zero-order chi connectivity index (χ0) is 15.4. The minimum atomic E-state index is -2.69. The fourth-order valence-corrected chi connectivity index (χ4v) is 3.63. The third kappa shape index (κ3) is 2.10. The third-order valence-electron chi connectivity index (χ3n) is 3.56. The van der Waals surface area contributed by atoms with E-state index < -0.39 is 32.9 Å². The number of aromatic nitrogens is 4. The van der Waals surface area contributed by atoms with Crippen LogP contribution in [-0.4, -0.2) is 44.5 Å². The number of ether oxygens (including phenoxy) is 1. The molecule has 2 saturated heterocycles. The molecule has 0 amide bonds. The molecular formula is C10H10ClFN5O4P. The van der Waals surface area contributed by atoms with Gasteiger partial charge in [0.05, 0.1) is 12.9 Å². The highest BCUT2D eigenvalue weighted by atomic mass is 35.5. The van der Waals surface area contributed by atoms with Crippen LogP contribution in [0.5, 0.6) is 0 Å². The lowest BCUT2D eigenvalue weighted by Gasteiger charge is -2.23. The van der Waals surface area contributed by atoms with Crippen LogP contribution in [0.4, 0.5) is 10.2 Å². The average Bonchev–Trinajstić information content (AvgIpc) is 3.01. The first kappa shape index (κ1) is 14.3. The van der Waals surface area contributed by atoms with Crippen LogP contribution in [0.2, 0.25) is 5.28 Å². The maximum Gasteiger partial charge on any atom is 0.319 e. The molecule has 4 rings (SSSR count). The van der Waals surface area contributed by atoms with E-state index in [1.165, 1.54) is 10.9 Å². The second-order valence-electron chi connectivity index (χ2n) is 4.85. The van der Waals surface area contributed by atoms with Crippen LogP contribution in [0.25, 0.3) is 11.2 Å². The van der Waals surface area contributed by atoms with Gasteiger partial charge in [0.25, 0.3) is 0 Å². The van der Waals surface area contributed by atoms with Crippen LogP contribution in [0, 0.1) is 0 Å². The largest absolute Gasteiger partial charge is 0.382 e. The molecule has 2 N–H and O–H groups in total. The Kier molecular flexibility index (Phi) is 3.31. The minimum Gasteiger partial charge on any atom is -0.382 e. The number of anilines is 1. The first-order valence-corrected chi connectivity index (χ1v) is 7.93. The Morgan fingerprint density at radius 1 is 1.50 bits per heavy atom. The van der Waals surface area contributed by atoms with E-state index in [2.05, 4.69) is 15.0 Å². The third-order valence-corrected chi connectivity index (χ3v) is 4.60. The monoisotopic (exact) mass is 349 g/mol. The average molecular weight is 350 g/mol. The maximum absolute atomic E-state index is 14.6. The molecule has 0 spiro atoms. The Morgan fingerprint density at radius 2 is 2.32 bits per heavy atom. The molecule has 0 radical (unpaired) electrons. The highest BCUT2D eigenvalue weighted by molar-refractivity contribution is 7.33. The van der Waals surface area contributed by atoms with Gasteiger partial charge in [0.2, 0.25) is 5.28 Å². The number of fused-ring (bicyclic) bond motifs is 2. The number of nitrogen functional groups attached to an aromatic ring is 1. The first-order chi connectivity index (χ1) is 10.5. The topological polar surface area (TPSA) is 114 Å². The van der Waals surface area contributed by atoms with Crippen molar-refractivity contribution < 1.29 is 22.7 Å². The molecule has 118 valence electrons. The number of hydrogen-bond donors (Lipinski definition) is 1. The molecule has 12 heteroatoms. The van der Waals surface area contributed by atoms with Crippen molar-refractivity contribution in [3.63, 3.8) is 0 Å². The number of hydrogen-bond acceptors (Lipinski definition) is 8. The van der Waals surface area contributed by atoms with Crippen molar-refractivity contribution in [2.24, 2.45) is 0 Å². The fraction of sp³-hybridized carbons (Fsp3) is 0.500. The normalized spacial score (nSPS) is 34.9. The van der Waals surface area contributed by atoms with Crippen LogP contribution in [-0.2, 0) is 18.3 Å². The summed E-state index contributed by atoms with van der Waals surface area (Å²) in [7, 11) is -2.69. The molecule has 2 fully saturated rings. The van der Waals surface area contributed by atoms with E-state index in [-0.39, 0.29) is 23.4 Å². The van der Waals surface area contributed by atoms with Gasteiger partial charge in [-0.25, -0.2) is 9.37 Å². The molecule has 2 aliphatic heterocycles. The van der Waals surface area contributed by atoms with Crippen LogP contribution in [0.3, 0.4) is 0 Å². The predicted octanol–water partition coefficient (Wildman–Crippen LogP) is 1.10. The van der Waals surface area contributed by atoms with Crippen molar-refractivity contribution in [1.82, 2.24) is 19.5 Å². The summed E-state index contributed by atoms with van der Waals surface area (Å²) >= 11 is 5.78. The molecule has 9 nitrogen and oxygen atoms in total. The van der Waals surface area contributed by atoms with Gasteiger partial charge in [-0.3, -0.25) is 9.13 Å². The SMILES string of the molecule is Nc1nc(Cl)nc2c1ncn2[C@@H]1OC2CO[PH](=O)O[C@H]2[C@@H]1F. The Balaban J connectivity index is 1.75. The van der Waals surface area contributed by atoms with Crippen molar-refractivity contribution in [1.29, 1.82) is 0 Å². The van der Waals surface area contributed by atoms with E-state index in [1.54, 1.807) is 0 Å². The molecule has 2 aromatic rings. The molecule has 0 bridgehead atoms.